The average Bonchev–Trinajstić information content (AvgIpc) is 4.10. The number of fused-ring (bicyclic) bond motifs is 22. The zero-order valence-corrected chi connectivity index (χ0v) is 42.6. The third-order valence-corrected chi connectivity index (χ3v) is 19.8. The van der Waals surface area contributed by atoms with Crippen molar-refractivity contribution in [1.29, 1.82) is 0 Å². The first kappa shape index (κ1) is 42.7. The second kappa shape index (κ2) is 15.4. The molecule has 1 nitrogen and oxygen atoms in total. The van der Waals surface area contributed by atoms with Crippen molar-refractivity contribution in [1.82, 2.24) is 0 Å². The summed E-state index contributed by atoms with van der Waals surface area (Å²) in [7, 11) is 0. The maximum absolute atomic E-state index is 2.65. The van der Waals surface area contributed by atoms with E-state index in [1.807, 2.05) is 0 Å². The number of anilines is 3. The van der Waals surface area contributed by atoms with Gasteiger partial charge in [-0.3, -0.25) is 0 Å². The lowest BCUT2D eigenvalue weighted by Crippen LogP contribution is -2.44. The van der Waals surface area contributed by atoms with Crippen molar-refractivity contribution in [3.63, 3.8) is 0 Å². The Labute approximate surface area is 436 Å². The molecule has 0 heterocycles. The monoisotopic (exact) mass is 949 g/mol. The van der Waals surface area contributed by atoms with Gasteiger partial charge in [0.25, 0.3) is 0 Å². The minimum atomic E-state index is -0.399. The van der Waals surface area contributed by atoms with E-state index >= 15 is 0 Å². The van der Waals surface area contributed by atoms with Gasteiger partial charge >= 0.3 is 0 Å². The topological polar surface area (TPSA) is 3.24 Å². The second-order valence-electron chi connectivity index (χ2n) is 23.4. The molecule has 10 aromatic carbocycles. The van der Waals surface area contributed by atoms with Crippen LogP contribution in [0, 0.1) is 17.8 Å². The molecular weight excluding hydrogens is 891 g/mol. The first-order valence-electron chi connectivity index (χ1n) is 27.6. The molecule has 2 saturated carbocycles. The van der Waals surface area contributed by atoms with Crippen molar-refractivity contribution in [2.75, 3.05) is 4.90 Å². The molecule has 1 heteroatoms. The van der Waals surface area contributed by atoms with Gasteiger partial charge in [0.2, 0.25) is 0 Å². The minimum Gasteiger partial charge on any atom is -0.310 e. The van der Waals surface area contributed by atoms with Crippen LogP contribution in [0.25, 0.3) is 66.4 Å². The van der Waals surface area contributed by atoms with Crippen molar-refractivity contribution in [3.8, 4) is 55.6 Å². The van der Waals surface area contributed by atoms with Gasteiger partial charge in [-0.05, 0) is 192 Å². The molecule has 0 N–H and O–H groups in total. The van der Waals surface area contributed by atoms with Crippen LogP contribution in [0.3, 0.4) is 0 Å². The SMILES string of the molecule is CCC1CC2CCC3(c4ccccc4-c4ccc(-c5ccc(N(c6ccc7c(c6)-c6ccccc6C76c7ccccc7-c7ccccc76)c6ccc7c(c6)C(C)(C)c6ccccc6-7)c6ccccc56)cc43)C(C1)C2. The van der Waals surface area contributed by atoms with Crippen LogP contribution in [-0.4, -0.2) is 0 Å². The Morgan fingerprint density at radius 3 is 1.62 bits per heavy atom. The molecule has 2 fully saturated rings. The minimum absolute atomic E-state index is 0.0766. The third-order valence-electron chi connectivity index (χ3n) is 19.8. The van der Waals surface area contributed by atoms with Crippen LogP contribution in [0.1, 0.15) is 104 Å². The van der Waals surface area contributed by atoms with Gasteiger partial charge in [-0.15, -0.1) is 0 Å². The third kappa shape index (κ3) is 5.50. The van der Waals surface area contributed by atoms with Gasteiger partial charge in [-0.2, -0.15) is 0 Å². The summed E-state index contributed by atoms with van der Waals surface area (Å²) in [5.74, 6) is 2.38. The van der Waals surface area contributed by atoms with E-state index in [1.165, 1.54) is 150 Å². The predicted octanol–water partition coefficient (Wildman–Crippen LogP) is 19.1. The molecule has 0 aliphatic heterocycles. The highest BCUT2D eigenvalue weighted by Gasteiger charge is 2.54. The zero-order chi connectivity index (χ0) is 49.1. The van der Waals surface area contributed by atoms with E-state index < -0.39 is 5.41 Å². The van der Waals surface area contributed by atoms with Gasteiger partial charge in [0, 0.05) is 27.6 Å². The summed E-state index contributed by atoms with van der Waals surface area (Å²) in [5, 5.41) is 2.53. The Morgan fingerprint density at radius 1 is 0.405 bits per heavy atom. The summed E-state index contributed by atoms with van der Waals surface area (Å²) < 4.78 is 0. The number of benzene rings is 10. The smallest absolute Gasteiger partial charge is 0.0725 e. The fourth-order valence-corrected chi connectivity index (χ4v) is 16.7. The van der Waals surface area contributed by atoms with Crippen molar-refractivity contribution in [2.24, 2.45) is 17.8 Å². The lowest BCUT2D eigenvalue weighted by Gasteiger charge is -2.51. The van der Waals surface area contributed by atoms with Crippen LogP contribution in [-0.2, 0) is 16.2 Å². The standard InChI is InChI=1S/C73H59N/c1-4-45-39-46-37-38-72(48(40-45)41-46)63-25-13-8-19-54(63)59-32-29-47(42-69(59)72)51-34-36-70(60-23-6-5-17-52(51)60)74(50-30-33-58-53-18-7-12-24-62(53)71(2,3)68(58)44-50)49-31-35-67-61(43-49)57-22-11-16-28-66(57)73(67)64-26-14-9-20-55(64)56-21-10-15-27-65(56)73/h5-36,42-46,48H,4,37-41H2,1-3H3. The summed E-state index contributed by atoms with van der Waals surface area (Å²) in [6.45, 7) is 7.24. The first-order valence-corrected chi connectivity index (χ1v) is 27.6. The normalized spacial score (nSPS) is 21.1. The van der Waals surface area contributed by atoms with Gasteiger partial charge in [-0.1, -0.05) is 203 Å². The molecule has 6 aliphatic carbocycles. The van der Waals surface area contributed by atoms with Crippen LogP contribution in [0.5, 0.6) is 0 Å². The molecule has 6 aliphatic rings. The van der Waals surface area contributed by atoms with Crippen molar-refractivity contribution in [3.05, 3.63) is 257 Å². The number of rotatable bonds is 5. The fourth-order valence-electron chi connectivity index (χ4n) is 16.7. The van der Waals surface area contributed by atoms with Crippen molar-refractivity contribution >= 4 is 27.8 Å². The summed E-state index contributed by atoms with van der Waals surface area (Å²) in [4.78, 5) is 2.58. The maximum atomic E-state index is 2.65. The van der Waals surface area contributed by atoms with Gasteiger partial charge in [0.05, 0.1) is 11.1 Å². The van der Waals surface area contributed by atoms with E-state index in [0.717, 1.165) is 17.5 Å². The molecule has 74 heavy (non-hydrogen) atoms. The molecule has 0 saturated heterocycles. The van der Waals surface area contributed by atoms with Gasteiger partial charge in [0.1, 0.15) is 0 Å². The maximum Gasteiger partial charge on any atom is 0.0725 e. The number of hydrogen-bond acceptors (Lipinski definition) is 1. The van der Waals surface area contributed by atoms with Crippen LogP contribution < -0.4 is 4.90 Å². The number of nitrogens with zero attached hydrogens (tertiary/aromatic N) is 1. The Hall–Kier alpha value is -7.74. The molecule has 356 valence electrons. The van der Waals surface area contributed by atoms with Crippen LogP contribution in [0.15, 0.2) is 212 Å². The highest BCUT2D eigenvalue weighted by atomic mass is 15.1. The van der Waals surface area contributed by atoms with Crippen LogP contribution >= 0.6 is 0 Å². The van der Waals surface area contributed by atoms with Crippen molar-refractivity contribution in [2.45, 2.75) is 75.5 Å². The molecule has 0 aromatic heterocycles. The van der Waals surface area contributed by atoms with E-state index in [4.69, 9.17) is 0 Å². The zero-order valence-electron chi connectivity index (χ0n) is 42.6. The van der Waals surface area contributed by atoms with E-state index in [9.17, 15) is 0 Å². The molecule has 0 radical (unpaired) electrons. The summed E-state index contributed by atoms with van der Waals surface area (Å²) >= 11 is 0. The van der Waals surface area contributed by atoms with E-state index in [-0.39, 0.29) is 10.8 Å². The number of hydrogen-bond donors (Lipinski definition) is 0. The summed E-state index contributed by atoms with van der Waals surface area (Å²) in [5.41, 5.74) is 28.0. The summed E-state index contributed by atoms with van der Waals surface area (Å²) in [6.07, 6.45) is 8.03. The van der Waals surface area contributed by atoms with Crippen molar-refractivity contribution < 1.29 is 0 Å². The molecule has 4 unspecified atom stereocenters. The van der Waals surface area contributed by atoms with E-state index in [0.29, 0.717) is 5.92 Å². The molecule has 4 atom stereocenters. The Bertz CT molecular complexity index is 3970. The predicted molar refractivity (Wildman–Crippen MR) is 308 cm³/mol. The highest BCUT2D eigenvalue weighted by molar-refractivity contribution is 6.07. The lowest BCUT2D eigenvalue weighted by atomic mass is 9.53. The average molecular weight is 950 g/mol. The summed E-state index contributed by atoms with van der Waals surface area (Å²) in [6, 6.07) is 82.4. The first-order chi connectivity index (χ1) is 36.4. The molecule has 2 bridgehead atoms. The van der Waals surface area contributed by atoms with E-state index in [1.54, 1.807) is 11.1 Å². The molecule has 16 rings (SSSR count). The Balaban J connectivity index is 0.899. The lowest BCUT2D eigenvalue weighted by molar-refractivity contribution is 0.0778. The van der Waals surface area contributed by atoms with Crippen LogP contribution in [0.4, 0.5) is 17.1 Å². The molecular formula is C73H59N. The Kier molecular flexibility index (Phi) is 8.90. The van der Waals surface area contributed by atoms with Gasteiger partial charge < -0.3 is 4.90 Å². The van der Waals surface area contributed by atoms with Gasteiger partial charge in [0.15, 0.2) is 0 Å². The molecule has 0 amide bonds. The quantitative estimate of drug-likeness (QED) is 0.166. The molecule has 2 spiro atoms. The second-order valence-corrected chi connectivity index (χ2v) is 23.4. The highest BCUT2D eigenvalue weighted by Crippen LogP contribution is 2.65. The Morgan fingerprint density at radius 2 is 0.919 bits per heavy atom. The van der Waals surface area contributed by atoms with E-state index in [2.05, 4.69) is 238 Å². The fraction of sp³-hybridized carbons (Fsp3) is 0.205. The molecule has 10 aromatic rings. The van der Waals surface area contributed by atoms with Crippen LogP contribution in [0.2, 0.25) is 0 Å². The van der Waals surface area contributed by atoms with Gasteiger partial charge in [-0.25, -0.2) is 0 Å². The largest absolute Gasteiger partial charge is 0.310 e.